The van der Waals surface area contributed by atoms with E-state index in [0.29, 0.717) is 36.1 Å². The van der Waals surface area contributed by atoms with Crippen LogP contribution in [0.15, 0.2) is 70.6 Å². The molecule has 0 atom stereocenters. The number of nitro groups is 1. The van der Waals surface area contributed by atoms with E-state index in [4.69, 9.17) is 4.74 Å². The van der Waals surface area contributed by atoms with Gasteiger partial charge in [-0.05, 0) is 24.3 Å². The monoisotopic (exact) mass is 468 g/mol. The molecule has 0 bridgehead atoms. The number of ether oxygens (including phenoxy) is 1. The van der Waals surface area contributed by atoms with Crippen molar-refractivity contribution in [1.82, 2.24) is 10.3 Å². The Kier molecular flexibility index (Phi) is 7.16. The van der Waals surface area contributed by atoms with Crippen molar-refractivity contribution in [2.24, 2.45) is 0 Å². The van der Waals surface area contributed by atoms with Crippen LogP contribution in [0.1, 0.15) is 15.9 Å². The fraction of sp³-hybridized carbons (Fsp3) is 0.217. The van der Waals surface area contributed by atoms with Crippen LogP contribution >= 0.6 is 11.8 Å². The van der Waals surface area contributed by atoms with Crippen LogP contribution in [0.4, 0.5) is 15.9 Å². The van der Waals surface area contributed by atoms with Gasteiger partial charge in [-0.3, -0.25) is 14.9 Å². The Balaban J connectivity index is 1.57. The van der Waals surface area contributed by atoms with Crippen LogP contribution in [0.2, 0.25) is 0 Å². The molecule has 33 heavy (non-hydrogen) atoms. The molecule has 1 fully saturated rings. The molecule has 1 aliphatic heterocycles. The Morgan fingerprint density at radius 1 is 1.15 bits per heavy atom. The number of morpholine rings is 1. The number of anilines is 1. The van der Waals surface area contributed by atoms with Gasteiger partial charge in [-0.25, -0.2) is 9.37 Å². The SMILES string of the molecule is O=C(NCc1cccnc1N1CCOCC1)c1cc([N+](=O)[O-])ccc1Sc1ccccc1F. The van der Waals surface area contributed by atoms with Crippen molar-refractivity contribution in [2.45, 2.75) is 16.3 Å². The lowest BCUT2D eigenvalue weighted by Crippen LogP contribution is -2.37. The number of non-ortho nitro benzene ring substituents is 1. The van der Waals surface area contributed by atoms with Crippen molar-refractivity contribution in [3.63, 3.8) is 0 Å². The lowest BCUT2D eigenvalue weighted by molar-refractivity contribution is -0.384. The third kappa shape index (κ3) is 5.47. The predicted octanol–water partition coefficient (Wildman–Crippen LogP) is 4.05. The van der Waals surface area contributed by atoms with Gasteiger partial charge in [0.05, 0.1) is 23.7 Å². The molecule has 1 amide bonds. The van der Waals surface area contributed by atoms with Crippen molar-refractivity contribution >= 4 is 29.2 Å². The highest BCUT2D eigenvalue weighted by molar-refractivity contribution is 7.99. The number of amides is 1. The number of nitro benzene ring substituents is 1. The quantitative estimate of drug-likeness (QED) is 0.413. The van der Waals surface area contributed by atoms with Crippen LogP contribution in [0.3, 0.4) is 0 Å². The molecule has 10 heteroatoms. The predicted molar refractivity (Wildman–Crippen MR) is 122 cm³/mol. The second-order valence-corrected chi connectivity index (χ2v) is 8.32. The number of carbonyl (C=O) groups is 1. The molecular weight excluding hydrogens is 447 g/mol. The minimum Gasteiger partial charge on any atom is -0.378 e. The first kappa shape index (κ1) is 22.7. The molecule has 1 N–H and O–H groups in total. The van der Waals surface area contributed by atoms with Gasteiger partial charge in [-0.15, -0.1) is 0 Å². The molecule has 3 aromatic rings. The van der Waals surface area contributed by atoms with E-state index < -0.39 is 16.6 Å². The normalized spacial score (nSPS) is 13.5. The number of carbonyl (C=O) groups excluding carboxylic acids is 1. The molecule has 0 unspecified atom stereocenters. The summed E-state index contributed by atoms with van der Waals surface area (Å²) in [5.74, 6) is -0.159. The first-order valence-corrected chi connectivity index (χ1v) is 11.1. The highest BCUT2D eigenvalue weighted by Crippen LogP contribution is 2.34. The summed E-state index contributed by atoms with van der Waals surface area (Å²) >= 11 is 1.04. The molecule has 8 nitrogen and oxygen atoms in total. The van der Waals surface area contributed by atoms with Gasteiger partial charge in [-0.2, -0.15) is 0 Å². The average molecular weight is 469 g/mol. The van der Waals surface area contributed by atoms with Gasteiger partial charge in [0, 0.05) is 53.3 Å². The number of hydrogen-bond donors (Lipinski definition) is 1. The zero-order chi connectivity index (χ0) is 23.2. The van der Waals surface area contributed by atoms with Gasteiger partial charge in [-0.1, -0.05) is 30.0 Å². The van der Waals surface area contributed by atoms with Crippen molar-refractivity contribution < 1.29 is 18.8 Å². The summed E-state index contributed by atoms with van der Waals surface area (Å²) in [7, 11) is 0. The largest absolute Gasteiger partial charge is 0.378 e. The Hall–Kier alpha value is -3.50. The number of halogens is 1. The lowest BCUT2D eigenvalue weighted by Gasteiger charge is -2.29. The first-order chi connectivity index (χ1) is 16.0. The zero-order valence-corrected chi connectivity index (χ0v) is 18.4. The standard InChI is InChI=1S/C23H21FN4O4S/c24-19-5-1-2-6-21(19)33-20-8-7-17(28(30)31)14-18(20)23(29)26-15-16-4-3-9-25-22(16)27-10-12-32-13-11-27/h1-9,14H,10-13,15H2,(H,26,29). The van der Waals surface area contributed by atoms with Crippen LogP contribution in [-0.2, 0) is 11.3 Å². The molecule has 0 radical (unpaired) electrons. The number of hydrogen-bond acceptors (Lipinski definition) is 7. The lowest BCUT2D eigenvalue weighted by atomic mass is 10.1. The molecule has 2 aromatic carbocycles. The summed E-state index contributed by atoms with van der Waals surface area (Å²) in [6.07, 6.45) is 1.69. The number of nitrogens with one attached hydrogen (secondary N) is 1. The molecule has 0 aliphatic carbocycles. The van der Waals surface area contributed by atoms with E-state index in [1.54, 1.807) is 30.5 Å². The van der Waals surface area contributed by atoms with Crippen molar-refractivity contribution in [2.75, 3.05) is 31.2 Å². The Morgan fingerprint density at radius 2 is 1.94 bits per heavy atom. The van der Waals surface area contributed by atoms with Crippen LogP contribution < -0.4 is 10.2 Å². The molecule has 4 rings (SSSR count). The highest BCUT2D eigenvalue weighted by Gasteiger charge is 2.20. The molecular formula is C23H21FN4O4S. The molecule has 1 aromatic heterocycles. The molecule has 0 spiro atoms. The van der Waals surface area contributed by atoms with E-state index >= 15 is 0 Å². The van der Waals surface area contributed by atoms with E-state index in [2.05, 4.69) is 15.2 Å². The average Bonchev–Trinajstić information content (AvgIpc) is 2.84. The van der Waals surface area contributed by atoms with Gasteiger partial charge in [0.1, 0.15) is 11.6 Å². The molecule has 1 aliphatic rings. The fourth-order valence-electron chi connectivity index (χ4n) is 3.44. The Labute approximate surface area is 193 Å². The summed E-state index contributed by atoms with van der Waals surface area (Å²) in [4.78, 5) is 31.1. The fourth-order valence-corrected chi connectivity index (χ4v) is 4.39. The summed E-state index contributed by atoms with van der Waals surface area (Å²) < 4.78 is 19.6. The van der Waals surface area contributed by atoms with Crippen LogP contribution in [-0.4, -0.2) is 42.1 Å². The van der Waals surface area contributed by atoms with E-state index in [-0.39, 0.29) is 17.8 Å². The Morgan fingerprint density at radius 3 is 2.70 bits per heavy atom. The molecule has 2 heterocycles. The minimum atomic E-state index is -0.564. The van der Waals surface area contributed by atoms with Crippen LogP contribution in [0.25, 0.3) is 0 Å². The number of pyridine rings is 1. The second-order valence-electron chi connectivity index (χ2n) is 7.24. The summed E-state index contributed by atoms with van der Waals surface area (Å²) in [5.41, 5.74) is 0.712. The summed E-state index contributed by atoms with van der Waals surface area (Å²) in [5, 5.41) is 14.1. The van der Waals surface area contributed by atoms with Gasteiger partial charge >= 0.3 is 0 Å². The van der Waals surface area contributed by atoms with Gasteiger partial charge in [0.2, 0.25) is 0 Å². The number of benzene rings is 2. The van der Waals surface area contributed by atoms with E-state index in [1.165, 1.54) is 24.3 Å². The summed E-state index contributed by atoms with van der Waals surface area (Å²) in [6, 6.07) is 13.8. The smallest absolute Gasteiger partial charge is 0.270 e. The number of aromatic nitrogens is 1. The van der Waals surface area contributed by atoms with Gasteiger partial charge in [0.25, 0.3) is 11.6 Å². The van der Waals surface area contributed by atoms with Gasteiger partial charge < -0.3 is 15.0 Å². The first-order valence-electron chi connectivity index (χ1n) is 10.3. The van der Waals surface area contributed by atoms with Crippen molar-refractivity contribution in [3.05, 3.63) is 87.9 Å². The third-order valence-corrected chi connectivity index (χ3v) is 6.22. The van der Waals surface area contributed by atoms with E-state index in [9.17, 15) is 19.3 Å². The number of rotatable bonds is 7. The van der Waals surface area contributed by atoms with Crippen molar-refractivity contribution in [1.29, 1.82) is 0 Å². The highest BCUT2D eigenvalue weighted by atomic mass is 32.2. The van der Waals surface area contributed by atoms with E-state index in [0.717, 1.165) is 23.1 Å². The molecule has 1 saturated heterocycles. The maximum Gasteiger partial charge on any atom is 0.270 e. The number of nitrogens with zero attached hydrogens (tertiary/aromatic N) is 3. The van der Waals surface area contributed by atoms with Crippen molar-refractivity contribution in [3.8, 4) is 0 Å². The molecule has 0 saturated carbocycles. The zero-order valence-electron chi connectivity index (χ0n) is 17.6. The maximum atomic E-state index is 14.2. The summed E-state index contributed by atoms with van der Waals surface area (Å²) in [6.45, 7) is 2.80. The van der Waals surface area contributed by atoms with Crippen LogP contribution in [0, 0.1) is 15.9 Å². The molecule has 170 valence electrons. The topological polar surface area (TPSA) is 97.6 Å². The van der Waals surface area contributed by atoms with Gasteiger partial charge in [0.15, 0.2) is 0 Å². The Bertz CT molecular complexity index is 1170. The second kappa shape index (κ2) is 10.4. The van der Waals surface area contributed by atoms with Crippen LogP contribution in [0.5, 0.6) is 0 Å². The van der Waals surface area contributed by atoms with E-state index in [1.807, 2.05) is 6.07 Å². The maximum absolute atomic E-state index is 14.2. The minimum absolute atomic E-state index is 0.106. The third-order valence-electron chi connectivity index (χ3n) is 5.09.